The van der Waals surface area contributed by atoms with Crippen LogP contribution in [-0.2, 0) is 13.2 Å². The fourth-order valence-corrected chi connectivity index (χ4v) is 3.07. The van der Waals surface area contributed by atoms with E-state index in [1.165, 1.54) is 0 Å². The average Bonchev–Trinajstić information content (AvgIpc) is 2.77. The predicted octanol–water partition coefficient (Wildman–Crippen LogP) is 6.01. The van der Waals surface area contributed by atoms with E-state index in [0.29, 0.717) is 19.0 Å². The largest absolute Gasteiger partial charge is 0.493 e. The molecule has 0 saturated heterocycles. The van der Waals surface area contributed by atoms with E-state index in [9.17, 15) is 0 Å². The molecule has 0 aromatic heterocycles. The van der Waals surface area contributed by atoms with E-state index >= 15 is 0 Å². The summed E-state index contributed by atoms with van der Waals surface area (Å²) in [6.07, 6.45) is 0. The van der Waals surface area contributed by atoms with Crippen LogP contribution in [0.1, 0.15) is 11.1 Å². The van der Waals surface area contributed by atoms with Crippen molar-refractivity contribution in [2.24, 2.45) is 0 Å². The highest BCUT2D eigenvalue weighted by molar-refractivity contribution is 5.87. The van der Waals surface area contributed by atoms with Crippen molar-refractivity contribution >= 4 is 10.8 Å². The van der Waals surface area contributed by atoms with Crippen molar-refractivity contribution in [3.05, 3.63) is 102 Å². The fourth-order valence-electron chi connectivity index (χ4n) is 3.07. The molecule has 0 aliphatic rings. The maximum atomic E-state index is 6.00. The predicted molar refractivity (Wildman–Crippen MR) is 112 cm³/mol. The fraction of sp³-hybridized carbons (Fsp3) is 0.120. The van der Waals surface area contributed by atoms with Crippen LogP contribution < -0.4 is 14.2 Å². The van der Waals surface area contributed by atoms with E-state index in [4.69, 9.17) is 14.2 Å². The molecule has 4 rings (SSSR count). The highest BCUT2D eigenvalue weighted by Gasteiger charge is 2.09. The molecule has 0 saturated carbocycles. The van der Waals surface area contributed by atoms with Gasteiger partial charge in [-0.1, -0.05) is 66.7 Å². The lowest BCUT2D eigenvalue weighted by Gasteiger charge is -2.13. The summed E-state index contributed by atoms with van der Waals surface area (Å²) in [5.74, 6) is 2.27. The van der Waals surface area contributed by atoms with Crippen molar-refractivity contribution in [1.29, 1.82) is 0 Å². The van der Waals surface area contributed by atoms with E-state index in [0.717, 1.165) is 33.4 Å². The highest BCUT2D eigenvalue weighted by atomic mass is 16.5. The molecule has 4 aromatic carbocycles. The first-order valence-corrected chi connectivity index (χ1v) is 9.27. The van der Waals surface area contributed by atoms with Gasteiger partial charge in [0.15, 0.2) is 11.5 Å². The van der Waals surface area contributed by atoms with Gasteiger partial charge in [-0.2, -0.15) is 0 Å². The normalized spacial score (nSPS) is 10.6. The first kappa shape index (κ1) is 17.9. The molecule has 0 heterocycles. The second-order valence-corrected chi connectivity index (χ2v) is 6.56. The Kier molecular flexibility index (Phi) is 5.43. The zero-order valence-corrected chi connectivity index (χ0v) is 15.8. The second-order valence-electron chi connectivity index (χ2n) is 6.56. The number of hydrogen-bond acceptors (Lipinski definition) is 3. The highest BCUT2D eigenvalue weighted by Crippen LogP contribution is 2.34. The van der Waals surface area contributed by atoms with Crippen molar-refractivity contribution in [2.75, 3.05) is 7.11 Å². The topological polar surface area (TPSA) is 27.7 Å². The summed E-state index contributed by atoms with van der Waals surface area (Å²) >= 11 is 0. The lowest BCUT2D eigenvalue weighted by atomic mass is 10.1. The van der Waals surface area contributed by atoms with Crippen molar-refractivity contribution in [2.45, 2.75) is 13.2 Å². The minimum Gasteiger partial charge on any atom is -0.493 e. The van der Waals surface area contributed by atoms with Gasteiger partial charge in [0, 0.05) is 0 Å². The maximum absolute atomic E-state index is 6.00. The summed E-state index contributed by atoms with van der Waals surface area (Å²) in [4.78, 5) is 0. The summed E-state index contributed by atoms with van der Waals surface area (Å²) in [5.41, 5.74) is 2.26. The smallest absolute Gasteiger partial charge is 0.162 e. The SMILES string of the molecule is COc1cc2cc(OCc3ccccc3)ccc2cc1OCc1ccccc1. The lowest BCUT2D eigenvalue weighted by Crippen LogP contribution is -1.98. The van der Waals surface area contributed by atoms with Gasteiger partial charge in [-0.3, -0.25) is 0 Å². The molecule has 0 amide bonds. The summed E-state index contributed by atoms with van der Waals surface area (Å²) in [6.45, 7) is 1.04. The molecule has 4 aromatic rings. The number of hydrogen-bond donors (Lipinski definition) is 0. The first-order valence-electron chi connectivity index (χ1n) is 9.27. The minimum absolute atomic E-state index is 0.501. The molecule has 0 bridgehead atoms. The molecular formula is C25H22O3. The second kappa shape index (κ2) is 8.49. The number of methoxy groups -OCH3 is 1. The zero-order valence-electron chi connectivity index (χ0n) is 15.8. The van der Waals surface area contributed by atoms with Gasteiger partial charge in [0.05, 0.1) is 7.11 Å². The Hall–Kier alpha value is -3.46. The molecule has 0 radical (unpaired) electrons. The Morgan fingerprint density at radius 1 is 0.571 bits per heavy atom. The number of fused-ring (bicyclic) bond motifs is 1. The number of benzene rings is 4. The van der Waals surface area contributed by atoms with Gasteiger partial charge in [0.25, 0.3) is 0 Å². The molecule has 0 N–H and O–H groups in total. The maximum Gasteiger partial charge on any atom is 0.162 e. The van der Waals surface area contributed by atoms with Crippen LogP contribution in [0.25, 0.3) is 10.8 Å². The number of rotatable bonds is 7. The van der Waals surface area contributed by atoms with Crippen LogP contribution in [0.5, 0.6) is 17.2 Å². The summed E-state index contributed by atoms with van der Waals surface area (Å²) in [5, 5.41) is 2.13. The Bertz CT molecular complexity index is 1040. The van der Waals surface area contributed by atoms with E-state index in [2.05, 4.69) is 12.1 Å². The molecule has 0 spiro atoms. The third-order valence-corrected chi connectivity index (χ3v) is 4.58. The monoisotopic (exact) mass is 370 g/mol. The van der Waals surface area contributed by atoms with Crippen molar-refractivity contribution in [1.82, 2.24) is 0 Å². The van der Waals surface area contributed by atoms with Gasteiger partial charge in [-0.05, 0) is 46.2 Å². The van der Waals surface area contributed by atoms with E-state index in [-0.39, 0.29) is 0 Å². The van der Waals surface area contributed by atoms with E-state index in [1.54, 1.807) is 7.11 Å². The minimum atomic E-state index is 0.501. The third kappa shape index (κ3) is 4.26. The van der Waals surface area contributed by atoms with E-state index < -0.39 is 0 Å². The van der Waals surface area contributed by atoms with Crippen molar-refractivity contribution in [3.63, 3.8) is 0 Å². The lowest BCUT2D eigenvalue weighted by molar-refractivity contribution is 0.285. The van der Waals surface area contributed by atoms with Crippen LogP contribution in [0, 0.1) is 0 Å². The first-order chi connectivity index (χ1) is 13.8. The van der Waals surface area contributed by atoms with E-state index in [1.807, 2.05) is 78.9 Å². The Labute approximate surface area is 165 Å². The van der Waals surface area contributed by atoms with Crippen LogP contribution in [0.2, 0.25) is 0 Å². The molecule has 0 aliphatic heterocycles. The molecule has 140 valence electrons. The van der Waals surface area contributed by atoms with Crippen LogP contribution in [0.4, 0.5) is 0 Å². The number of ether oxygens (including phenoxy) is 3. The quantitative estimate of drug-likeness (QED) is 0.399. The molecule has 3 heteroatoms. The standard InChI is InChI=1S/C25H22O3/c1-26-24-16-22-14-23(27-17-19-8-4-2-5-9-19)13-12-21(22)15-25(24)28-18-20-10-6-3-7-11-20/h2-16H,17-18H2,1H3. The average molecular weight is 370 g/mol. The third-order valence-electron chi connectivity index (χ3n) is 4.58. The molecule has 28 heavy (non-hydrogen) atoms. The molecule has 0 unspecified atom stereocenters. The van der Waals surface area contributed by atoms with Crippen molar-refractivity contribution in [3.8, 4) is 17.2 Å². The summed E-state index contributed by atoms with van der Waals surface area (Å²) < 4.78 is 17.5. The Morgan fingerprint density at radius 3 is 1.82 bits per heavy atom. The Morgan fingerprint density at radius 2 is 1.18 bits per heavy atom. The van der Waals surface area contributed by atoms with Gasteiger partial charge in [-0.25, -0.2) is 0 Å². The molecular weight excluding hydrogens is 348 g/mol. The van der Waals surface area contributed by atoms with Gasteiger partial charge in [-0.15, -0.1) is 0 Å². The van der Waals surface area contributed by atoms with Gasteiger partial charge < -0.3 is 14.2 Å². The van der Waals surface area contributed by atoms with Crippen LogP contribution in [0.3, 0.4) is 0 Å². The molecule has 3 nitrogen and oxygen atoms in total. The van der Waals surface area contributed by atoms with Crippen LogP contribution in [-0.4, -0.2) is 7.11 Å². The van der Waals surface area contributed by atoms with Crippen LogP contribution in [0.15, 0.2) is 91.0 Å². The van der Waals surface area contributed by atoms with Gasteiger partial charge in [0.1, 0.15) is 19.0 Å². The zero-order chi connectivity index (χ0) is 19.2. The summed E-state index contributed by atoms with van der Waals surface area (Å²) in [6, 6.07) is 30.3. The summed E-state index contributed by atoms with van der Waals surface area (Å²) in [7, 11) is 1.66. The van der Waals surface area contributed by atoms with Crippen LogP contribution >= 0.6 is 0 Å². The molecule has 0 aliphatic carbocycles. The Balaban J connectivity index is 1.53. The van der Waals surface area contributed by atoms with Crippen molar-refractivity contribution < 1.29 is 14.2 Å². The van der Waals surface area contributed by atoms with Gasteiger partial charge >= 0.3 is 0 Å². The molecule has 0 atom stereocenters. The van der Waals surface area contributed by atoms with Gasteiger partial charge in [0.2, 0.25) is 0 Å². The molecule has 0 fully saturated rings.